The lowest BCUT2D eigenvalue weighted by atomic mass is 10.3. The second-order valence-corrected chi connectivity index (χ2v) is 3.67. The predicted octanol–water partition coefficient (Wildman–Crippen LogP) is -2.00. The van der Waals surface area contributed by atoms with E-state index in [1.807, 2.05) is 0 Å². The largest absolute Gasteiger partial charge is 0.480 e. The molecule has 0 spiro atoms. The molecular weight excluding hydrogens is 246 g/mol. The van der Waals surface area contributed by atoms with Gasteiger partial charge in [-0.05, 0) is 6.92 Å². The first-order valence-electron chi connectivity index (χ1n) is 4.91. The molecule has 0 unspecified atom stereocenters. The van der Waals surface area contributed by atoms with E-state index in [0.717, 1.165) is 7.05 Å². The quantitative estimate of drug-likeness (QED) is 0.443. The molecule has 0 aromatic heterocycles. The SMILES string of the molecule is C[C@H](NC(=O)CN1C(=O)C(=O)N(C)C1=O)C(=O)O. The number of nitrogens with zero attached hydrogens (tertiary/aromatic N) is 2. The van der Waals surface area contributed by atoms with Crippen LogP contribution in [0.4, 0.5) is 4.79 Å². The van der Waals surface area contributed by atoms with E-state index in [0.29, 0.717) is 9.80 Å². The maximum Gasteiger partial charge on any atom is 0.334 e. The molecular formula is C9H11N3O6. The van der Waals surface area contributed by atoms with Gasteiger partial charge < -0.3 is 10.4 Å². The summed E-state index contributed by atoms with van der Waals surface area (Å²) in [6.07, 6.45) is 0. The number of carboxylic acids is 1. The zero-order valence-corrected chi connectivity index (χ0v) is 9.67. The normalized spacial score (nSPS) is 17.1. The topological polar surface area (TPSA) is 124 Å². The van der Waals surface area contributed by atoms with Crippen molar-refractivity contribution in [2.24, 2.45) is 0 Å². The van der Waals surface area contributed by atoms with Crippen LogP contribution in [0.15, 0.2) is 0 Å². The molecule has 1 aliphatic heterocycles. The van der Waals surface area contributed by atoms with Crippen molar-refractivity contribution in [2.45, 2.75) is 13.0 Å². The third kappa shape index (κ3) is 2.44. The molecule has 0 bridgehead atoms. The number of likely N-dealkylation sites (N-methyl/N-ethyl adjacent to an activating group) is 1. The highest BCUT2D eigenvalue weighted by Gasteiger charge is 2.43. The first-order valence-corrected chi connectivity index (χ1v) is 4.91. The van der Waals surface area contributed by atoms with Gasteiger partial charge in [0.05, 0.1) is 0 Å². The van der Waals surface area contributed by atoms with Crippen LogP contribution < -0.4 is 5.32 Å². The number of amides is 5. The zero-order valence-electron chi connectivity index (χ0n) is 9.67. The molecule has 5 amide bonds. The smallest absolute Gasteiger partial charge is 0.334 e. The average molecular weight is 257 g/mol. The minimum atomic E-state index is -1.25. The highest BCUT2D eigenvalue weighted by atomic mass is 16.4. The monoisotopic (exact) mass is 257 g/mol. The van der Waals surface area contributed by atoms with E-state index in [2.05, 4.69) is 5.32 Å². The lowest BCUT2D eigenvalue weighted by molar-refractivity contribution is -0.144. The maximum absolute atomic E-state index is 11.4. The fourth-order valence-corrected chi connectivity index (χ4v) is 1.25. The molecule has 2 N–H and O–H groups in total. The minimum absolute atomic E-state index is 0.451. The van der Waals surface area contributed by atoms with E-state index >= 15 is 0 Å². The van der Waals surface area contributed by atoms with Crippen LogP contribution in [-0.4, -0.2) is 64.3 Å². The Bertz CT molecular complexity index is 446. The van der Waals surface area contributed by atoms with Gasteiger partial charge in [-0.15, -0.1) is 0 Å². The summed E-state index contributed by atoms with van der Waals surface area (Å²) >= 11 is 0. The van der Waals surface area contributed by atoms with Crippen molar-refractivity contribution < 1.29 is 29.1 Å². The van der Waals surface area contributed by atoms with Gasteiger partial charge in [0.25, 0.3) is 0 Å². The van der Waals surface area contributed by atoms with Crippen molar-refractivity contribution in [1.29, 1.82) is 0 Å². The number of hydrogen-bond acceptors (Lipinski definition) is 5. The maximum atomic E-state index is 11.4. The van der Waals surface area contributed by atoms with Gasteiger partial charge in [0.2, 0.25) is 5.91 Å². The summed E-state index contributed by atoms with van der Waals surface area (Å²) in [7, 11) is 1.11. The van der Waals surface area contributed by atoms with Crippen molar-refractivity contribution in [3.05, 3.63) is 0 Å². The fraction of sp³-hybridized carbons (Fsp3) is 0.444. The Morgan fingerprint density at radius 1 is 1.28 bits per heavy atom. The van der Waals surface area contributed by atoms with Crippen LogP contribution in [0.1, 0.15) is 6.92 Å². The number of imide groups is 2. The van der Waals surface area contributed by atoms with E-state index in [4.69, 9.17) is 5.11 Å². The molecule has 1 fully saturated rings. The number of rotatable bonds is 4. The van der Waals surface area contributed by atoms with Crippen LogP contribution in [0, 0.1) is 0 Å². The number of hydrogen-bond donors (Lipinski definition) is 2. The van der Waals surface area contributed by atoms with Gasteiger partial charge >= 0.3 is 23.8 Å². The molecule has 0 aromatic carbocycles. The van der Waals surface area contributed by atoms with Crippen molar-refractivity contribution in [3.8, 4) is 0 Å². The molecule has 9 heteroatoms. The second-order valence-electron chi connectivity index (χ2n) is 3.67. The van der Waals surface area contributed by atoms with Crippen molar-refractivity contribution >= 4 is 29.7 Å². The summed E-state index contributed by atoms with van der Waals surface area (Å²) in [6, 6.07) is -2.07. The summed E-state index contributed by atoms with van der Waals surface area (Å²) in [5, 5.41) is 10.6. The van der Waals surface area contributed by atoms with Crippen LogP contribution in [0.2, 0.25) is 0 Å². The highest BCUT2D eigenvalue weighted by molar-refractivity contribution is 6.44. The Kier molecular flexibility index (Phi) is 3.64. The summed E-state index contributed by atoms with van der Waals surface area (Å²) < 4.78 is 0. The van der Waals surface area contributed by atoms with Crippen LogP contribution in [0.25, 0.3) is 0 Å². The fourth-order valence-electron chi connectivity index (χ4n) is 1.25. The number of carbonyl (C=O) groups excluding carboxylic acids is 4. The Hall–Kier alpha value is -2.45. The van der Waals surface area contributed by atoms with Gasteiger partial charge in [0.1, 0.15) is 12.6 Å². The highest BCUT2D eigenvalue weighted by Crippen LogP contribution is 2.08. The van der Waals surface area contributed by atoms with Crippen LogP contribution >= 0.6 is 0 Å². The van der Waals surface area contributed by atoms with Gasteiger partial charge in [-0.25, -0.2) is 9.69 Å². The molecule has 98 valence electrons. The van der Waals surface area contributed by atoms with Crippen molar-refractivity contribution in [3.63, 3.8) is 0 Å². The first kappa shape index (κ1) is 13.6. The summed E-state index contributed by atoms with van der Waals surface area (Å²) in [6.45, 7) is 0.538. The molecule has 1 saturated heterocycles. The van der Waals surface area contributed by atoms with E-state index in [1.165, 1.54) is 6.92 Å². The standard InChI is InChI=1S/C9H11N3O6/c1-4(8(16)17)10-5(13)3-12-7(15)6(14)11(2)9(12)18/h4H,3H2,1-2H3,(H,10,13)(H,16,17)/t4-/m0/s1. The molecule has 0 saturated carbocycles. The Labute approximate surface area is 101 Å². The number of aliphatic carboxylic acids is 1. The van der Waals surface area contributed by atoms with Gasteiger partial charge in [-0.1, -0.05) is 0 Å². The lowest BCUT2D eigenvalue weighted by Gasteiger charge is -2.14. The average Bonchev–Trinajstić information content (AvgIpc) is 2.46. The minimum Gasteiger partial charge on any atom is -0.480 e. The Balaban J connectivity index is 2.66. The Morgan fingerprint density at radius 2 is 1.83 bits per heavy atom. The van der Waals surface area contributed by atoms with Crippen LogP contribution in [0.5, 0.6) is 0 Å². The molecule has 1 rings (SSSR count). The van der Waals surface area contributed by atoms with Crippen molar-refractivity contribution in [2.75, 3.05) is 13.6 Å². The second kappa shape index (κ2) is 4.82. The molecule has 0 radical (unpaired) electrons. The van der Waals surface area contributed by atoms with Gasteiger partial charge in [-0.2, -0.15) is 0 Å². The van der Waals surface area contributed by atoms with E-state index in [-0.39, 0.29) is 0 Å². The molecule has 0 aliphatic carbocycles. The van der Waals surface area contributed by atoms with E-state index in [1.54, 1.807) is 0 Å². The zero-order chi connectivity index (χ0) is 14.0. The van der Waals surface area contributed by atoms with E-state index < -0.39 is 42.3 Å². The predicted molar refractivity (Wildman–Crippen MR) is 55.1 cm³/mol. The number of carbonyl (C=O) groups is 5. The third-order valence-electron chi connectivity index (χ3n) is 2.30. The third-order valence-corrected chi connectivity index (χ3v) is 2.30. The summed E-state index contributed by atoms with van der Waals surface area (Å²) in [5.41, 5.74) is 0. The molecule has 0 aromatic rings. The Morgan fingerprint density at radius 3 is 2.22 bits per heavy atom. The summed E-state index contributed by atoms with van der Waals surface area (Å²) in [4.78, 5) is 56.7. The summed E-state index contributed by atoms with van der Waals surface area (Å²) in [5.74, 6) is -4.23. The van der Waals surface area contributed by atoms with Gasteiger partial charge in [0, 0.05) is 7.05 Å². The van der Waals surface area contributed by atoms with Gasteiger partial charge in [-0.3, -0.25) is 24.1 Å². The molecule has 1 heterocycles. The van der Waals surface area contributed by atoms with E-state index in [9.17, 15) is 24.0 Å². The van der Waals surface area contributed by atoms with Crippen LogP contribution in [-0.2, 0) is 19.2 Å². The molecule has 1 aliphatic rings. The number of urea groups is 1. The van der Waals surface area contributed by atoms with Crippen molar-refractivity contribution in [1.82, 2.24) is 15.1 Å². The van der Waals surface area contributed by atoms with Gasteiger partial charge in [0.15, 0.2) is 0 Å². The lowest BCUT2D eigenvalue weighted by Crippen LogP contribution is -2.46. The number of carboxylic acid groups (broad SMARTS) is 1. The van der Waals surface area contributed by atoms with Crippen LogP contribution in [0.3, 0.4) is 0 Å². The molecule has 9 nitrogen and oxygen atoms in total. The molecule has 18 heavy (non-hydrogen) atoms. The number of nitrogens with one attached hydrogen (secondary N) is 1. The molecule has 1 atom stereocenters. The first-order chi connectivity index (χ1) is 8.25.